The molecule has 0 spiro atoms. The van der Waals surface area contributed by atoms with Gasteiger partial charge in [-0.2, -0.15) is 4.68 Å². The van der Waals surface area contributed by atoms with Gasteiger partial charge in [-0.25, -0.2) is 19.2 Å². The SMILES string of the molecule is CC(C)(O)C#Cc1cc2c(N(C(=O)c3ccc(-n4nnc5cccnc54)cc3F)[C@@H]3CCCN(C(=O)OC(C)(C)C)C3)nccc2s1. The molecule has 1 N–H and O–H groups in total. The molecule has 4 aromatic heterocycles. The molecule has 1 atom stereocenters. The monoisotopic (exact) mass is 655 g/mol. The Morgan fingerprint density at radius 2 is 1.91 bits per heavy atom. The smallest absolute Gasteiger partial charge is 0.410 e. The molecule has 0 bridgehead atoms. The van der Waals surface area contributed by atoms with Gasteiger partial charge in [0.1, 0.15) is 28.4 Å². The van der Waals surface area contributed by atoms with Crippen LogP contribution in [0.15, 0.2) is 54.9 Å². The molecule has 11 nitrogen and oxygen atoms in total. The molecule has 6 rings (SSSR count). The van der Waals surface area contributed by atoms with Crippen molar-refractivity contribution in [2.75, 3.05) is 18.0 Å². The average Bonchev–Trinajstić information content (AvgIpc) is 3.64. The molecule has 47 heavy (non-hydrogen) atoms. The Hall–Kier alpha value is -4.93. The minimum absolute atomic E-state index is 0.170. The van der Waals surface area contributed by atoms with Crippen molar-refractivity contribution in [2.24, 2.45) is 0 Å². The Labute approximate surface area is 275 Å². The highest BCUT2D eigenvalue weighted by atomic mass is 32.1. The van der Waals surface area contributed by atoms with Gasteiger partial charge in [0.25, 0.3) is 5.91 Å². The van der Waals surface area contributed by atoms with Gasteiger partial charge in [-0.3, -0.25) is 9.69 Å². The zero-order chi connectivity index (χ0) is 33.5. The molecular weight excluding hydrogens is 621 g/mol. The molecule has 242 valence electrons. The second kappa shape index (κ2) is 12.4. The van der Waals surface area contributed by atoms with E-state index in [0.29, 0.717) is 52.3 Å². The summed E-state index contributed by atoms with van der Waals surface area (Å²) in [6, 6.07) is 10.8. The fourth-order valence-corrected chi connectivity index (χ4v) is 6.29. The Bertz CT molecular complexity index is 2050. The van der Waals surface area contributed by atoms with Crippen molar-refractivity contribution in [2.45, 2.75) is 64.7 Å². The van der Waals surface area contributed by atoms with E-state index in [0.717, 1.165) is 4.70 Å². The molecule has 1 aliphatic rings. The van der Waals surface area contributed by atoms with Crippen LogP contribution in [0.3, 0.4) is 0 Å². The van der Waals surface area contributed by atoms with Crippen molar-refractivity contribution in [1.82, 2.24) is 29.9 Å². The second-order valence-corrected chi connectivity index (χ2v) is 14.0. The topological polar surface area (TPSA) is 127 Å². The van der Waals surface area contributed by atoms with E-state index in [1.54, 1.807) is 70.1 Å². The number of amides is 2. The van der Waals surface area contributed by atoms with Gasteiger partial charge in [0.15, 0.2) is 5.65 Å². The van der Waals surface area contributed by atoms with Crippen LogP contribution in [0.1, 0.15) is 62.7 Å². The zero-order valence-corrected chi connectivity index (χ0v) is 27.5. The normalized spacial score (nSPS) is 15.4. The molecule has 5 aromatic rings. The molecule has 13 heteroatoms. The summed E-state index contributed by atoms with van der Waals surface area (Å²) in [6.07, 6.45) is 3.86. The minimum Gasteiger partial charge on any atom is -0.444 e. The number of aliphatic hydroxyl groups is 1. The van der Waals surface area contributed by atoms with Gasteiger partial charge >= 0.3 is 6.09 Å². The van der Waals surface area contributed by atoms with Crippen LogP contribution < -0.4 is 4.90 Å². The molecule has 1 saturated heterocycles. The van der Waals surface area contributed by atoms with E-state index in [1.807, 2.05) is 12.1 Å². The summed E-state index contributed by atoms with van der Waals surface area (Å²) in [6.45, 7) is 9.22. The predicted molar refractivity (Wildman–Crippen MR) is 177 cm³/mol. The molecule has 0 aliphatic carbocycles. The number of fused-ring (bicyclic) bond motifs is 2. The van der Waals surface area contributed by atoms with Gasteiger partial charge < -0.3 is 14.7 Å². The zero-order valence-electron chi connectivity index (χ0n) is 26.7. The van der Waals surface area contributed by atoms with Gasteiger partial charge in [0.2, 0.25) is 0 Å². The van der Waals surface area contributed by atoms with Crippen LogP contribution in [0.25, 0.3) is 26.9 Å². The van der Waals surface area contributed by atoms with Crippen molar-refractivity contribution in [1.29, 1.82) is 0 Å². The minimum atomic E-state index is -1.19. The number of hydrogen-bond acceptors (Lipinski definition) is 9. The van der Waals surface area contributed by atoms with Crippen LogP contribution in [-0.4, -0.2) is 77.3 Å². The van der Waals surface area contributed by atoms with Gasteiger partial charge in [-0.05, 0) is 83.9 Å². The maximum absolute atomic E-state index is 16.0. The van der Waals surface area contributed by atoms with Crippen LogP contribution in [0, 0.1) is 17.7 Å². The molecule has 0 unspecified atom stereocenters. The highest BCUT2D eigenvalue weighted by molar-refractivity contribution is 7.19. The van der Waals surface area contributed by atoms with Crippen molar-refractivity contribution in [3.05, 3.63) is 71.1 Å². The molecule has 0 saturated carbocycles. The molecule has 5 heterocycles. The van der Waals surface area contributed by atoms with E-state index in [-0.39, 0.29) is 12.1 Å². The van der Waals surface area contributed by atoms with Crippen LogP contribution >= 0.6 is 11.3 Å². The Morgan fingerprint density at radius 1 is 1.11 bits per heavy atom. The van der Waals surface area contributed by atoms with E-state index in [2.05, 4.69) is 32.1 Å². The lowest BCUT2D eigenvalue weighted by Gasteiger charge is -2.39. The standard InChI is InChI=1S/C34H34FN7O4S/c1-33(2,3)46-32(44)40-17-7-8-22(20-40)41(29-25-19-23(12-14-34(4,5)45)47-28(25)13-16-37-29)31(43)24-11-10-21(18-26(24)35)42-30-27(38-39-42)9-6-15-36-30/h6,9-11,13,15-16,18-19,22,45H,7-8,17,20H2,1-5H3/t22-/m1/s1. The Morgan fingerprint density at radius 3 is 2.66 bits per heavy atom. The number of piperidine rings is 1. The third-order valence-corrected chi connectivity index (χ3v) is 8.43. The van der Waals surface area contributed by atoms with Crippen LogP contribution in [0.5, 0.6) is 0 Å². The molecule has 1 fully saturated rings. The average molecular weight is 656 g/mol. The first-order valence-corrected chi connectivity index (χ1v) is 16.0. The number of nitrogens with zero attached hydrogens (tertiary/aromatic N) is 7. The Balaban J connectivity index is 1.42. The molecule has 1 aliphatic heterocycles. The van der Waals surface area contributed by atoms with Crippen LogP contribution in [-0.2, 0) is 4.74 Å². The van der Waals surface area contributed by atoms with Crippen molar-refractivity contribution < 1.29 is 23.8 Å². The Kier molecular flexibility index (Phi) is 8.42. The highest BCUT2D eigenvalue weighted by Gasteiger charge is 2.36. The second-order valence-electron chi connectivity index (χ2n) is 12.9. The van der Waals surface area contributed by atoms with E-state index < -0.39 is 35.1 Å². The molecule has 1 aromatic carbocycles. The van der Waals surface area contributed by atoms with E-state index >= 15 is 4.39 Å². The number of carbonyl (C=O) groups is 2. The number of benzene rings is 1. The third-order valence-electron chi connectivity index (χ3n) is 7.41. The quantitative estimate of drug-likeness (QED) is 0.243. The van der Waals surface area contributed by atoms with Crippen molar-refractivity contribution >= 4 is 50.4 Å². The largest absolute Gasteiger partial charge is 0.444 e. The lowest BCUT2D eigenvalue weighted by atomic mass is 10.0. The van der Waals surface area contributed by atoms with E-state index in [9.17, 15) is 14.7 Å². The summed E-state index contributed by atoms with van der Waals surface area (Å²) in [5.74, 6) is 4.79. The van der Waals surface area contributed by atoms with Gasteiger partial charge in [0, 0.05) is 41.6 Å². The maximum atomic E-state index is 16.0. The summed E-state index contributed by atoms with van der Waals surface area (Å²) >= 11 is 1.40. The number of halogens is 1. The lowest BCUT2D eigenvalue weighted by molar-refractivity contribution is 0.0196. The molecule has 0 radical (unpaired) electrons. The van der Waals surface area contributed by atoms with Crippen molar-refractivity contribution in [3.8, 4) is 17.5 Å². The maximum Gasteiger partial charge on any atom is 0.410 e. The number of pyridine rings is 2. The number of thiophene rings is 1. The number of carbonyl (C=O) groups excluding carboxylic acids is 2. The first kappa shape index (κ1) is 32.0. The van der Waals surface area contributed by atoms with Gasteiger partial charge in [0.05, 0.1) is 22.2 Å². The van der Waals surface area contributed by atoms with E-state index in [1.165, 1.54) is 33.1 Å². The van der Waals surface area contributed by atoms with E-state index in [4.69, 9.17) is 4.74 Å². The molecule has 2 amide bonds. The first-order valence-electron chi connectivity index (χ1n) is 15.2. The molecular formula is C34H34FN7O4S. The lowest BCUT2D eigenvalue weighted by Crippen LogP contribution is -2.53. The third kappa shape index (κ3) is 6.94. The highest BCUT2D eigenvalue weighted by Crippen LogP contribution is 2.35. The summed E-state index contributed by atoms with van der Waals surface area (Å²) < 4.78 is 23.8. The summed E-state index contributed by atoms with van der Waals surface area (Å²) in [7, 11) is 0. The van der Waals surface area contributed by atoms with Gasteiger partial charge in [-0.1, -0.05) is 17.1 Å². The number of likely N-dealkylation sites (tertiary alicyclic amines) is 1. The number of hydrogen-bond donors (Lipinski definition) is 1. The number of ether oxygens (including phenoxy) is 1. The number of anilines is 1. The summed E-state index contributed by atoms with van der Waals surface area (Å²) in [5.41, 5.74) is -0.698. The van der Waals surface area contributed by atoms with Gasteiger partial charge in [-0.15, -0.1) is 16.4 Å². The summed E-state index contributed by atoms with van der Waals surface area (Å²) in [4.78, 5) is 40.3. The van der Waals surface area contributed by atoms with Crippen molar-refractivity contribution in [3.63, 3.8) is 0 Å². The summed E-state index contributed by atoms with van der Waals surface area (Å²) in [5, 5.41) is 19.0. The number of rotatable bonds is 4. The van der Waals surface area contributed by atoms with Crippen LogP contribution in [0.4, 0.5) is 15.0 Å². The first-order chi connectivity index (χ1) is 22.3. The predicted octanol–water partition coefficient (Wildman–Crippen LogP) is 5.73. The fraction of sp³-hybridized carbons (Fsp3) is 0.353. The van der Waals surface area contributed by atoms with Crippen LogP contribution in [0.2, 0.25) is 0 Å². The number of aromatic nitrogens is 5. The fourth-order valence-electron chi connectivity index (χ4n) is 5.39.